The van der Waals surface area contributed by atoms with Crippen LogP contribution in [0.2, 0.25) is 0 Å². The predicted octanol–water partition coefficient (Wildman–Crippen LogP) is 2.68. The summed E-state index contributed by atoms with van der Waals surface area (Å²) >= 11 is 1.99. The van der Waals surface area contributed by atoms with Crippen molar-refractivity contribution in [2.45, 2.75) is 5.51 Å². The molecule has 22 heavy (non-hydrogen) atoms. The SMILES string of the molecule is COc1cc(C(=O)OCC[N-]S(=O)(=O)C(F)(F)F)ccc1I. The Kier molecular flexibility index (Phi) is 6.43. The van der Waals surface area contributed by atoms with Crippen molar-refractivity contribution >= 4 is 38.6 Å². The van der Waals surface area contributed by atoms with Crippen LogP contribution in [0.1, 0.15) is 10.4 Å². The Balaban J connectivity index is 2.54. The number of rotatable bonds is 6. The van der Waals surface area contributed by atoms with Gasteiger partial charge in [-0.2, -0.15) is 13.2 Å². The molecular formula is C11H10F3INO5S-. The molecular weight excluding hydrogens is 442 g/mol. The molecule has 0 unspecified atom stereocenters. The second-order valence-corrected chi connectivity index (χ2v) is 6.59. The summed E-state index contributed by atoms with van der Waals surface area (Å²) in [7, 11) is -4.15. The number of carbonyl (C=O) groups excluding carboxylic acids is 1. The Labute approximate surface area is 138 Å². The Hall–Kier alpha value is -1.08. The number of halogens is 4. The van der Waals surface area contributed by atoms with Gasteiger partial charge in [0.05, 0.1) is 22.9 Å². The number of nitrogens with zero attached hydrogens (tertiary/aromatic N) is 1. The molecule has 0 aromatic heterocycles. The average molecular weight is 452 g/mol. The van der Waals surface area contributed by atoms with Crippen molar-refractivity contribution in [1.82, 2.24) is 0 Å². The van der Waals surface area contributed by atoms with Crippen LogP contribution < -0.4 is 4.74 Å². The average Bonchev–Trinajstić information content (AvgIpc) is 2.42. The van der Waals surface area contributed by atoms with Crippen molar-refractivity contribution in [1.29, 1.82) is 0 Å². The summed E-state index contributed by atoms with van der Waals surface area (Å²) in [6.45, 7) is -1.41. The molecule has 0 bridgehead atoms. The van der Waals surface area contributed by atoms with Gasteiger partial charge in [0, 0.05) is 0 Å². The van der Waals surface area contributed by atoms with Gasteiger partial charge in [0.15, 0.2) is 10.0 Å². The highest BCUT2D eigenvalue weighted by Crippen LogP contribution is 2.27. The van der Waals surface area contributed by atoms with E-state index < -0.39 is 34.7 Å². The molecule has 0 aliphatic rings. The molecule has 0 saturated carbocycles. The molecule has 6 nitrogen and oxygen atoms in total. The van der Waals surface area contributed by atoms with Gasteiger partial charge < -0.3 is 14.2 Å². The number of sulfonamides is 1. The summed E-state index contributed by atoms with van der Waals surface area (Å²) in [5.41, 5.74) is -5.34. The number of hydrogen-bond donors (Lipinski definition) is 0. The highest BCUT2D eigenvalue weighted by molar-refractivity contribution is 14.1. The van der Waals surface area contributed by atoms with Gasteiger partial charge >= 0.3 is 11.5 Å². The first kappa shape index (κ1) is 19.0. The summed E-state index contributed by atoms with van der Waals surface area (Å²) in [6.07, 6.45) is 0. The number of hydrogen-bond acceptors (Lipinski definition) is 5. The summed E-state index contributed by atoms with van der Waals surface area (Å²) in [5.74, 6) is -0.395. The number of methoxy groups -OCH3 is 1. The third-order valence-corrected chi connectivity index (χ3v) is 4.26. The maximum atomic E-state index is 12.0. The second kappa shape index (κ2) is 7.46. The minimum atomic E-state index is -5.56. The molecule has 0 heterocycles. The fraction of sp³-hybridized carbons (Fsp3) is 0.364. The molecule has 0 amide bonds. The van der Waals surface area contributed by atoms with Crippen LogP contribution in [0.3, 0.4) is 0 Å². The van der Waals surface area contributed by atoms with Crippen LogP contribution in [0.4, 0.5) is 13.2 Å². The molecule has 0 aliphatic heterocycles. The lowest BCUT2D eigenvalue weighted by atomic mass is 10.2. The zero-order chi connectivity index (χ0) is 17.0. The van der Waals surface area contributed by atoms with Gasteiger partial charge in [0.2, 0.25) is 0 Å². The molecule has 11 heteroatoms. The van der Waals surface area contributed by atoms with E-state index in [4.69, 9.17) is 4.74 Å². The van der Waals surface area contributed by atoms with Crippen LogP contribution in [-0.2, 0) is 14.8 Å². The molecule has 1 rings (SSSR count). The standard InChI is InChI=1S/C11H10F3INO5S/c1-20-9-6-7(2-3-8(9)15)10(17)21-5-4-16-22(18,19)11(12,13)14/h2-3,6H,4-5H2,1H3/q-1. The van der Waals surface area contributed by atoms with Gasteiger partial charge in [-0.15, -0.1) is 6.54 Å². The van der Waals surface area contributed by atoms with Crippen LogP contribution in [0, 0.1) is 3.57 Å². The highest BCUT2D eigenvalue weighted by Gasteiger charge is 2.38. The van der Waals surface area contributed by atoms with Crippen LogP contribution in [0.15, 0.2) is 18.2 Å². The third-order valence-electron chi connectivity index (χ3n) is 2.27. The first-order valence-corrected chi connectivity index (χ1v) is 8.11. The number of alkyl halides is 3. The Morgan fingerprint density at radius 1 is 1.36 bits per heavy atom. The van der Waals surface area contributed by atoms with Crippen molar-refractivity contribution in [3.8, 4) is 5.75 Å². The van der Waals surface area contributed by atoms with E-state index in [9.17, 15) is 26.4 Å². The number of ether oxygens (including phenoxy) is 2. The van der Waals surface area contributed by atoms with Crippen molar-refractivity contribution < 1.29 is 35.9 Å². The van der Waals surface area contributed by atoms with E-state index in [0.717, 1.165) is 3.57 Å². The molecule has 0 atom stereocenters. The van der Waals surface area contributed by atoms with Gasteiger partial charge in [-0.25, -0.2) is 13.2 Å². The number of esters is 1. The van der Waals surface area contributed by atoms with Gasteiger partial charge in [0.1, 0.15) is 5.75 Å². The molecule has 0 fully saturated rings. The lowest BCUT2D eigenvalue weighted by molar-refractivity contribution is -0.0427. The van der Waals surface area contributed by atoms with E-state index >= 15 is 0 Å². The van der Waals surface area contributed by atoms with Crippen LogP contribution in [0.5, 0.6) is 5.75 Å². The maximum Gasteiger partial charge on any atom is 0.480 e. The highest BCUT2D eigenvalue weighted by atomic mass is 127. The van der Waals surface area contributed by atoms with Crippen molar-refractivity contribution in [2.75, 3.05) is 20.3 Å². The normalized spacial score (nSPS) is 12.0. The van der Waals surface area contributed by atoms with E-state index in [1.54, 1.807) is 6.07 Å². The second-order valence-electron chi connectivity index (χ2n) is 3.76. The fourth-order valence-electron chi connectivity index (χ4n) is 1.24. The summed E-state index contributed by atoms with van der Waals surface area (Å²) < 4.78 is 70.2. The van der Waals surface area contributed by atoms with Crippen molar-refractivity contribution in [2.24, 2.45) is 0 Å². The largest absolute Gasteiger partial charge is 0.538 e. The molecule has 1 aromatic carbocycles. The quantitative estimate of drug-likeness (QED) is 0.377. The van der Waals surface area contributed by atoms with E-state index in [2.05, 4.69) is 9.46 Å². The van der Waals surface area contributed by atoms with Gasteiger partial charge in [-0.3, -0.25) is 0 Å². The molecule has 1 aromatic rings. The fourth-order valence-corrected chi connectivity index (χ4v) is 2.26. The zero-order valence-electron chi connectivity index (χ0n) is 11.1. The lowest BCUT2D eigenvalue weighted by Gasteiger charge is -2.21. The van der Waals surface area contributed by atoms with E-state index in [1.165, 1.54) is 19.2 Å². The third kappa shape index (κ3) is 4.98. The summed E-state index contributed by atoms with van der Waals surface area (Å²) in [5, 5.41) is 0. The van der Waals surface area contributed by atoms with Gasteiger partial charge in [-0.05, 0) is 40.8 Å². The first-order valence-electron chi connectivity index (χ1n) is 5.59. The lowest BCUT2D eigenvalue weighted by Crippen LogP contribution is -2.23. The van der Waals surface area contributed by atoms with Crippen LogP contribution >= 0.6 is 22.6 Å². The Morgan fingerprint density at radius 3 is 2.55 bits per heavy atom. The molecule has 0 aliphatic carbocycles. The predicted molar refractivity (Wildman–Crippen MR) is 79.2 cm³/mol. The molecule has 0 saturated heterocycles. The smallest absolute Gasteiger partial charge is 0.480 e. The molecule has 0 N–H and O–H groups in total. The van der Waals surface area contributed by atoms with Gasteiger partial charge in [-0.1, -0.05) is 0 Å². The minimum absolute atomic E-state index is 0.121. The van der Waals surface area contributed by atoms with E-state index in [0.29, 0.717) is 5.75 Å². The number of benzene rings is 1. The zero-order valence-corrected chi connectivity index (χ0v) is 14.0. The van der Waals surface area contributed by atoms with Crippen LogP contribution in [-0.4, -0.2) is 40.2 Å². The minimum Gasteiger partial charge on any atom is -0.538 e. The molecule has 0 spiro atoms. The first-order chi connectivity index (χ1) is 10.1. The Bertz CT molecular complexity index is 648. The Morgan fingerprint density at radius 2 is 2.00 bits per heavy atom. The van der Waals surface area contributed by atoms with Crippen molar-refractivity contribution in [3.05, 3.63) is 32.1 Å². The monoisotopic (exact) mass is 452 g/mol. The van der Waals surface area contributed by atoms with Gasteiger partial charge in [0.25, 0.3) is 0 Å². The maximum absolute atomic E-state index is 12.0. The molecule has 124 valence electrons. The van der Waals surface area contributed by atoms with Crippen LogP contribution in [0.25, 0.3) is 4.72 Å². The van der Waals surface area contributed by atoms with Crippen molar-refractivity contribution in [3.63, 3.8) is 0 Å². The summed E-state index contributed by atoms with van der Waals surface area (Å²) in [6, 6.07) is 4.43. The summed E-state index contributed by atoms with van der Waals surface area (Å²) in [4.78, 5) is 11.7. The molecule has 0 radical (unpaired) electrons. The van der Waals surface area contributed by atoms with E-state index in [1.807, 2.05) is 22.6 Å². The van der Waals surface area contributed by atoms with E-state index in [-0.39, 0.29) is 5.56 Å². The number of carbonyl (C=O) groups is 1. The topological polar surface area (TPSA) is 83.8 Å².